The van der Waals surface area contributed by atoms with Crippen molar-refractivity contribution in [2.75, 3.05) is 11.1 Å². The second kappa shape index (κ2) is 8.05. The number of nitrogens with one attached hydrogen (secondary N) is 2. The van der Waals surface area contributed by atoms with Crippen LogP contribution in [0.2, 0.25) is 0 Å². The number of allylic oxidation sites excluding steroid dienone is 3. The number of fused-ring (bicyclic) bond motifs is 1. The third kappa shape index (κ3) is 3.58. The zero-order valence-corrected chi connectivity index (χ0v) is 17.2. The van der Waals surface area contributed by atoms with Gasteiger partial charge in [0.05, 0.1) is 22.4 Å². The molecule has 2 aliphatic carbocycles. The van der Waals surface area contributed by atoms with Gasteiger partial charge in [-0.25, -0.2) is 0 Å². The molecule has 1 aliphatic heterocycles. The minimum Gasteiger partial charge on any atom is -0.353 e. The second-order valence-corrected chi connectivity index (χ2v) is 9.22. The first-order valence-corrected chi connectivity index (χ1v) is 11.2. The lowest BCUT2D eigenvalue weighted by atomic mass is 9.61. The van der Waals surface area contributed by atoms with Gasteiger partial charge < -0.3 is 10.6 Å². The van der Waals surface area contributed by atoms with Crippen molar-refractivity contribution in [3.8, 4) is 6.07 Å². The number of carbonyl (C=O) groups excluding carboxylic acids is 1. The van der Waals surface area contributed by atoms with Gasteiger partial charge in [-0.05, 0) is 55.7 Å². The summed E-state index contributed by atoms with van der Waals surface area (Å²) in [6.07, 6.45) is 7.89. The molecule has 3 aliphatic rings. The van der Waals surface area contributed by atoms with Crippen LogP contribution in [0.4, 0.5) is 5.69 Å². The first-order valence-electron chi connectivity index (χ1n) is 10.2. The summed E-state index contributed by atoms with van der Waals surface area (Å²) in [7, 11) is 0. The van der Waals surface area contributed by atoms with Gasteiger partial charge >= 0.3 is 0 Å². The van der Waals surface area contributed by atoms with Gasteiger partial charge in [-0.3, -0.25) is 4.79 Å². The van der Waals surface area contributed by atoms with Gasteiger partial charge in [-0.15, -0.1) is 0 Å². The van der Waals surface area contributed by atoms with Crippen LogP contribution in [0.3, 0.4) is 0 Å². The predicted molar refractivity (Wildman–Crippen MR) is 114 cm³/mol. The zero-order valence-electron chi connectivity index (χ0n) is 16.4. The van der Waals surface area contributed by atoms with E-state index in [1.54, 1.807) is 0 Å². The highest BCUT2D eigenvalue weighted by Gasteiger charge is 2.47. The van der Waals surface area contributed by atoms with E-state index >= 15 is 0 Å². The van der Waals surface area contributed by atoms with Gasteiger partial charge in [-0.1, -0.05) is 49.7 Å². The van der Waals surface area contributed by atoms with Crippen LogP contribution < -0.4 is 10.6 Å². The van der Waals surface area contributed by atoms with Crippen molar-refractivity contribution >= 4 is 23.4 Å². The number of hydrogen-bond acceptors (Lipinski definition) is 4. The first kappa shape index (κ1) is 19.1. The smallest absolute Gasteiger partial charge is 0.234 e. The number of hydrogen-bond donors (Lipinski definition) is 2. The van der Waals surface area contributed by atoms with Gasteiger partial charge in [-0.2, -0.15) is 5.26 Å². The number of anilines is 1. The van der Waals surface area contributed by atoms with E-state index in [1.165, 1.54) is 42.3 Å². The number of amides is 1. The standard InChI is InChI=1S/C23H27N3OS/c1-16-7-6-12-23(13-16)18-10-5-11-20(18)26-22(19(23)14-24)28-15-21(27)25-17-8-3-2-4-9-17/h2-4,8-9,16,26H,5-7,10-13,15H2,1H3,(H,25,27)/t16-,23-/m0/s1. The van der Waals surface area contributed by atoms with E-state index in [0.717, 1.165) is 42.0 Å². The van der Waals surface area contributed by atoms with Crippen molar-refractivity contribution in [1.82, 2.24) is 5.32 Å². The summed E-state index contributed by atoms with van der Waals surface area (Å²) in [6, 6.07) is 12.1. The van der Waals surface area contributed by atoms with Gasteiger partial charge in [0, 0.05) is 16.8 Å². The minimum atomic E-state index is -0.0955. The molecule has 0 radical (unpaired) electrons. The lowest BCUT2D eigenvalue weighted by molar-refractivity contribution is -0.113. The summed E-state index contributed by atoms with van der Waals surface area (Å²) in [6.45, 7) is 2.31. The zero-order chi connectivity index (χ0) is 19.6. The van der Waals surface area contributed by atoms with Crippen molar-refractivity contribution < 1.29 is 4.79 Å². The van der Waals surface area contributed by atoms with Crippen molar-refractivity contribution in [2.24, 2.45) is 11.3 Å². The number of thioether (sulfide) groups is 1. The Hall–Kier alpha value is -2.19. The normalized spacial score (nSPS) is 26.6. The molecule has 4 nitrogen and oxygen atoms in total. The number of para-hydroxylation sites is 1. The van der Waals surface area contributed by atoms with Crippen molar-refractivity contribution in [3.63, 3.8) is 0 Å². The van der Waals surface area contributed by atoms with Crippen LogP contribution in [0, 0.1) is 22.7 Å². The Kier molecular flexibility index (Phi) is 5.50. The molecule has 0 aromatic heterocycles. The summed E-state index contributed by atoms with van der Waals surface area (Å²) >= 11 is 1.47. The molecule has 1 amide bonds. The second-order valence-electron chi connectivity index (χ2n) is 8.24. The first-order chi connectivity index (χ1) is 13.6. The fraction of sp³-hybridized carbons (Fsp3) is 0.478. The van der Waals surface area contributed by atoms with E-state index < -0.39 is 0 Å². The molecule has 1 saturated carbocycles. The summed E-state index contributed by atoms with van der Waals surface area (Å²) < 4.78 is 0. The highest BCUT2D eigenvalue weighted by molar-refractivity contribution is 8.03. The largest absolute Gasteiger partial charge is 0.353 e. The number of dihydropyridines is 1. The molecule has 1 aromatic carbocycles. The third-order valence-corrected chi connectivity index (χ3v) is 7.28. The lowest BCUT2D eigenvalue weighted by Gasteiger charge is -2.45. The van der Waals surface area contributed by atoms with E-state index in [4.69, 9.17) is 0 Å². The third-order valence-electron chi connectivity index (χ3n) is 6.28. The quantitative estimate of drug-likeness (QED) is 0.725. The number of rotatable bonds is 4. The SMILES string of the molecule is C[C@H]1CCC[C@@]2(C1)C(C#N)=C(SCC(=O)Nc1ccccc1)NC1=C2CCC1. The Morgan fingerprint density at radius 3 is 2.89 bits per heavy atom. The van der Waals surface area contributed by atoms with Crippen LogP contribution >= 0.6 is 11.8 Å². The van der Waals surface area contributed by atoms with E-state index in [9.17, 15) is 10.1 Å². The fourth-order valence-electron chi connectivity index (χ4n) is 5.15. The molecule has 2 atom stereocenters. The van der Waals surface area contributed by atoms with Gasteiger partial charge in [0.15, 0.2) is 0 Å². The van der Waals surface area contributed by atoms with Gasteiger partial charge in [0.1, 0.15) is 0 Å². The summed E-state index contributed by atoms with van der Waals surface area (Å²) in [5.41, 5.74) is 4.38. The molecule has 1 heterocycles. The fourth-order valence-corrected chi connectivity index (χ4v) is 6.08. The Balaban J connectivity index is 1.55. The molecule has 0 saturated heterocycles. The molecular formula is C23H27N3OS. The van der Waals surface area contributed by atoms with E-state index in [1.807, 2.05) is 30.3 Å². The summed E-state index contributed by atoms with van der Waals surface area (Å²) in [5, 5.41) is 17.5. The molecule has 1 fully saturated rings. The van der Waals surface area contributed by atoms with Crippen molar-refractivity contribution in [1.29, 1.82) is 5.26 Å². The molecule has 2 N–H and O–H groups in total. The summed E-state index contributed by atoms with van der Waals surface area (Å²) in [5.74, 6) is 0.897. The molecule has 0 unspecified atom stereocenters. The van der Waals surface area contributed by atoms with E-state index in [2.05, 4.69) is 23.6 Å². The van der Waals surface area contributed by atoms with Crippen molar-refractivity contribution in [2.45, 2.75) is 51.9 Å². The number of nitrogens with zero attached hydrogens (tertiary/aromatic N) is 1. The van der Waals surface area contributed by atoms with Crippen LogP contribution in [0.1, 0.15) is 51.9 Å². The maximum Gasteiger partial charge on any atom is 0.234 e. The Labute approximate surface area is 171 Å². The Morgan fingerprint density at radius 2 is 2.14 bits per heavy atom. The van der Waals surface area contributed by atoms with Crippen LogP contribution in [0.25, 0.3) is 0 Å². The van der Waals surface area contributed by atoms with Crippen LogP contribution in [0.5, 0.6) is 0 Å². The number of carbonyl (C=O) groups is 1. The minimum absolute atomic E-state index is 0.0416. The Bertz CT molecular complexity index is 868. The monoisotopic (exact) mass is 393 g/mol. The maximum absolute atomic E-state index is 12.4. The lowest BCUT2D eigenvalue weighted by Crippen LogP contribution is -2.38. The molecule has 5 heteroatoms. The molecule has 28 heavy (non-hydrogen) atoms. The molecule has 1 spiro atoms. The highest BCUT2D eigenvalue weighted by atomic mass is 32.2. The highest BCUT2D eigenvalue weighted by Crippen LogP contribution is 2.57. The van der Waals surface area contributed by atoms with Gasteiger partial charge in [0.2, 0.25) is 5.91 Å². The molecular weight excluding hydrogens is 366 g/mol. The van der Waals surface area contributed by atoms with Crippen LogP contribution in [0.15, 0.2) is 52.2 Å². The molecule has 146 valence electrons. The summed E-state index contributed by atoms with van der Waals surface area (Å²) in [4.78, 5) is 12.4. The maximum atomic E-state index is 12.4. The van der Waals surface area contributed by atoms with E-state index in [-0.39, 0.29) is 11.3 Å². The Morgan fingerprint density at radius 1 is 1.32 bits per heavy atom. The average molecular weight is 394 g/mol. The van der Waals surface area contributed by atoms with Gasteiger partial charge in [0.25, 0.3) is 0 Å². The predicted octanol–water partition coefficient (Wildman–Crippen LogP) is 5.33. The van der Waals surface area contributed by atoms with Crippen LogP contribution in [-0.4, -0.2) is 11.7 Å². The number of nitriles is 1. The van der Waals surface area contributed by atoms with Crippen molar-refractivity contribution in [3.05, 3.63) is 52.2 Å². The average Bonchev–Trinajstić information content (AvgIpc) is 3.17. The van der Waals surface area contributed by atoms with E-state index in [0.29, 0.717) is 11.7 Å². The molecule has 0 bridgehead atoms. The molecule has 1 aromatic rings. The van der Waals surface area contributed by atoms with Crippen LogP contribution in [-0.2, 0) is 4.79 Å². The number of benzene rings is 1. The topological polar surface area (TPSA) is 64.9 Å². The molecule has 4 rings (SSSR count).